The molecule has 1 atom stereocenters. The van der Waals surface area contributed by atoms with E-state index in [0.29, 0.717) is 19.7 Å². The molecule has 4 nitrogen and oxygen atoms in total. The fraction of sp³-hybridized carbons (Fsp3) is 0.375. The number of halogens is 1. The fourth-order valence-electron chi connectivity index (χ4n) is 2.60. The molecule has 0 saturated carbocycles. The molecule has 1 aliphatic heterocycles. The third-order valence-electron chi connectivity index (χ3n) is 3.79. The molecule has 0 radical (unpaired) electrons. The summed E-state index contributed by atoms with van der Waals surface area (Å²) in [6.45, 7) is 1.29. The quantitative estimate of drug-likeness (QED) is 0.799. The van der Waals surface area contributed by atoms with Gasteiger partial charge in [0.2, 0.25) is 10.0 Å². The van der Waals surface area contributed by atoms with Gasteiger partial charge in [-0.3, -0.25) is 0 Å². The monoisotopic (exact) mass is 355 g/mol. The normalized spacial score (nSPS) is 18.6. The van der Waals surface area contributed by atoms with Gasteiger partial charge in [0.25, 0.3) is 0 Å². The van der Waals surface area contributed by atoms with Gasteiger partial charge in [-0.2, -0.15) is 4.31 Å². The van der Waals surface area contributed by atoms with Gasteiger partial charge in [0.1, 0.15) is 5.82 Å². The molecule has 1 fully saturated rings. The van der Waals surface area contributed by atoms with Crippen LogP contribution in [0, 0.1) is 5.82 Å². The molecule has 1 aliphatic rings. The zero-order valence-electron chi connectivity index (χ0n) is 12.5. The highest BCUT2D eigenvalue weighted by atomic mass is 32.2. The molecular weight excluding hydrogens is 337 g/mol. The maximum atomic E-state index is 13.1. The van der Waals surface area contributed by atoms with Crippen LogP contribution in [0.4, 0.5) is 4.39 Å². The average Bonchev–Trinajstić information content (AvgIpc) is 3.20. The highest BCUT2D eigenvalue weighted by Crippen LogP contribution is 2.23. The first-order valence-electron chi connectivity index (χ1n) is 7.45. The molecule has 0 amide bonds. The third-order valence-corrected chi connectivity index (χ3v) is 6.48. The Labute approximate surface area is 139 Å². The summed E-state index contributed by atoms with van der Waals surface area (Å²) in [5.41, 5.74) is 0. The van der Waals surface area contributed by atoms with Crippen LogP contribution in [0.5, 0.6) is 0 Å². The highest BCUT2D eigenvalue weighted by molar-refractivity contribution is 7.89. The minimum absolute atomic E-state index is 0.0785. The summed E-state index contributed by atoms with van der Waals surface area (Å²) in [5, 5.41) is 1.92. The molecule has 0 aliphatic carbocycles. The van der Waals surface area contributed by atoms with E-state index in [1.54, 1.807) is 0 Å². The van der Waals surface area contributed by atoms with E-state index in [-0.39, 0.29) is 11.0 Å². The zero-order valence-corrected chi connectivity index (χ0v) is 14.2. The molecule has 0 spiro atoms. The lowest BCUT2D eigenvalue weighted by Crippen LogP contribution is -2.36. The number of nitrogens with zero attached hydrogens (tertiary/aromatic N) is 1. The summed E-state index contributed by atoms with van der Waals surface area (Å²) < 4.78 is 45.9. The lowest BCUT2D eigenvalue weighted by molar-refractivity contribution is 0.0927. The van der Waals surface area contributed by atoms with Crippen LogP contribution in [0.2, 0.25) is 0 Å². The molecule has 7 heteroatoms. The predicted octanol–water partition coefficient (Wildman–Crippen LogP) is 3.26. The van der Waals surface area contributed by atoms with Crippen molar-refractivity contribution in [3.05, 3.63) is 52.5 Å². The molecule has 23 heavy (non-hydrogen) atoms. The van der Waals surface area contributed by atoms with Gasteiger partial charge in [0.05, 0.1) is 11.0 Å². The van der Waals surface area contributed by atoms with Crippen molar-refractivity contribution in [2.24, 2.45) is 0 Å². The molecule has 1 unspecified atom stereocenters. The van der Waals surface area contributed by atoms with Crippen LogP contribution in [-0.4, -0.2) is 32.0 Å². The van der Waals surface area contributed by atoms with Gasteiger partial charge < -0.3 is 4.74 Å². The van der Waals surface area contributed by atoms with Gasteiger partial charge >= 0.3 is 0 Å². The molecule has 1 saturated heterocycles. The number of hydrogen-bond acceptors (Lipinski definition) is 4. The number of thiophene rings is 1. The lowest BCUT2D eigenvalue weighted by atomic mass is 10.2. The molecule has 1 aromatic heterocycles. The van der Waals surface area contributed by atoms with Crippen LogP contribution in [0.1, 0.15) is 17.7 Å². The fourth-order valence-corrected chi connectivity index (χ4v) is 4.85. The molecule has 124 valence electrons. The Morgan fingerprint density at radius 1 is 1.26 bits per heavy atom. The Morgan fingerprint density at radius 3 is 2.65 bits per heavy atom. The number of rotatable bonds is 6. The number of benzene rings is 1. The topological polar surface area (TPSA) is 46.6 Å². The van der Waals surface area contributed by atoms with Crippen LogP contribution in [-0.2, 0) is 21.3 Å². The Morgan fingerprint density at radius 2 is 2.04 bits per heavy atom. The van der Waals surface area contributed by atoms with Gasteiger partial charge in [0, 0.05) is 24.6 Å². The molecule has 0 N–H and O–H groups in total. The van der Waals surface area contributed by atoms with E-state index in [4.69, 9.17) is 4.74 Å². The van der Waals surface area contributed by atoms with Crippen molar-refractivity contribution in [2.45, 2.75) is 30.4 Å². The lowest BCUT2D eigenvalue weighted by Gasteiger charge is -2.24. The maximum Gasteiger partial charge on any atom is 0.243 e. The molecule has 1 aromatic carbocycles. The van der Waals surface area contributed by atoms with Crippen LogP contribution in [0.3, 0.4) is 0 Å². The van der Waals surface area contributed by atoms with E-state index >= 15 is 0 Å². The first kappa shape index (κ1) is 16.6. The Bertz CT molecular complexity index is 723. The first-order chi connectivity index (χ1) is 11.1. The summed E-state index contributed by atoms with van der Waals surface area (Å²) in [5.74, 6) is -0.451. The van der Waals surface area contributed by atoms with Gasteiger partial charge in [0.15, 0.2) is 0 Å². The van der Waals surface area contributed by atoms with Crippen molar-refractivity contribution in [3.63, 3.8) is 0 Å². The molecule has 2 heterocycles. The predicted molar refractivity (Wildman–Crippen MR) is 87.3 cm³/mol. The van der Waals surface area contributed by atoms with E-state index < -0.39 is 15.8 Å². The van der Waals surface area contributed by atoms with E-state index in [9.17, 15) is 12.8 Å². The van der Waals surface area contributed by atoms with E-state index in [1.165, 1.54) is 39.9 Å². The highest BCUT2D eigenvalue weighted by Gasteiger charge is 2.29. The van der Waals surface area contributed by atoms with Crippen LogP contribution in [0.15, 0.2) is 46.7 Å². The van der Waals surface area contributed by atoms with Crippen LogP contribution < -0.4 is 0 Å². The van der Waals surface area contributed by atoms with E-state index in [1.807, 2.05) is 17.5 Å². The van der Waals surface area contributed by atoms with Crippen molar-refractivity contribution in [1.29, 1.82) is 0 Å². The van der Waals surface area contributed by atoms with Gasteiger partial charge in [-0.05, 0) is 48.6 Å². The van der Waals surface area contributed by atoms with Crippen molar-refractivity contribution < 1.29 is 17.5 Å². The smallest absolute Gasteiger partial charge is 0.243 e. The van der Waals surface area contributed by atoms with Gasteiger partial charge in [-0.1, -0.05) is 6.07 Å². The second kappa shape index (κ2) is 7.09. The Balaban J connectivity index is 1.87. The summed E-state index contributed by atoms with van der Waals surface area (Å²) >= 11 is 1.52. The minimum atomic E-state index is -3.69. The summed E-state index contributed by atoms with van der Waals surface area (Å²) in [7, 11) is -3.69. The second-order valence-electron chi connectivity index (χ2n) is 5.47. The average molecular weight is 355 g/mol. The second-order valence-corrected chi connectivity index (χ2v) is 8.44. The molecule has 3 rings (SSSR count). The van der Waals surface area contributed by atoms with Crippen LogP contribution in [0.25, 0.3) is 0 Å². The summed E-state index contributed by atoms with van der Waals surface area (Å²) in [6, 6.07) is 8.76. The molecule has 2 aromatic rings. The van der Waals surface area contributed by atoms with E-state index in [0.717, 1.165) is 17.7 Å². The molecular formula is C16H18FNO3S2. The van der Waals surface area contributed by atoms with Crippen molar-refractivity contribution in [2.75, 3.05) is 13.2 Å². The summed E-state index contributed by atoms with van der Waals surface area (Å²) in [4.78, 5) is 1.07. The number of hydrogen-bond donors (Lipinski definition) is 0. The maximum absolute atomic E-state index is 13.1. The largest absolute Gasteiger partial charge is 0.377 e. The van der Waals surface area contributed by atoms with Crippen molar-refractivity contribution >= 4 is 21.4 Å². The van der Waals surface area contributed by atoms with Crippen LogP contribution >= 0.6 is 11.3 Å². The third kappa shape index (κ3) is 3.98. The Kier molecular flexibility index (Phi) is 5.11. The summed E-state index contributed by atoms with van der Waals surface area (Å²) in [6.07, 6.45) is 1.73. The van der Waals surface area contributed by atoms with E-state index in [2.05, 4.69) is 0 Å². The van der Waals surface area contributed by atoms with Crippen molar-refractivity contribution in [3.8, 4) is 0 Å². The van der Waals surface area contributed by atoms with Crippen molar-refractivity contribution in [1.82, 2.24) is 4.31 Å². The zero-order chi connectivity index (χ0) is 16.3. The standard InChI is InChI=1S/C16H18FNO3S2/c17-13-5-7-16(8-6-13)23(19,20)18(11-14-3-1-9-21-14)12-15-4-2-10-22-15/h2,4-8,10,14H,1,3,9,11-12H2. The molecule has 0 bridgehead atoms. The number of sulfonamides is 1. The minimum Gasteiger partial charge on any atom is -0.377 e. The first-order valence-corrected chi connectivity index (χ1v) is 9.77. The SMILES string of the molecule is O=S(=O)(c1ccc(F)cc1)N(Cc1cccs1)CC1CCCO1. The van der Waals surface area contributed by atoms with Gasteiger partial charge in [-0.15, -0.1) is 11.3 Å². The Hall–Kier alpha value is -1.28. The van der Waals surface area contributed by atoms with Gasteiger partial charge in [-0.25, -0.2) is 12.8 Å². The number of ether oxygens (including phenoxy) is 1.